The molecule has 0 radical (unpaired) electrons. The van der Waals surface area contributed by atoms with E-state index in [0.717, 1.165) is 17.9 Å². The molecule has 0 bridgehead atoms. The number of aliphatic hydroxyl groups is 1. The van der Waals surface area contributed by atoms with Crippen molar-refractivity contribution in [1.29, 1.82) is 0 Å². The molecule has 0 aliphatic heterocycles. The fourth-order valence-corrected chi connectivity index (χ4v) is 1.31. The van der Waals surface area contributed by atoms with Crippen LogP contribution in [-0.2, 0) is 6.54 Å². The highest BCUT2D eigenvalue weighted by Crippen LogP contribution is 2.14. The molecule has 0 amide bonds. The first-order valence-corrected chi connectivity index (χ1v) is 4.70. The van der Waals surface area contributed by atoms with Crippen molar-refractivity contribution >= 4 is 5.82 Å². The lowest BCUT2D eigenvalue weighted by molar-refractivity contribution is 0.302. The van der Waals surface area contributed by atoms with Crippen molar-refractivity contribution in [3.63, 3.8) is 0 Å². The van der Waals surface area contributed by atoms with Gasteiger partial charge in [-0.2, -0.15) is 5.10 Å². The van der Waals surface area contributed by atoms with Crippen LogP contribution in [-0.4, -0.2) is 35.0 Å². The Labute approximate surface area is 83.6 Å². The minimum Gasteiger partial charge on any atom is -0.395 e. The van der Waals surface area contributed by atoms with Crippen molar-refractivity contribution < 1.29 is 5.11 Å². The Hall–Kier alpha value is -1.20. The fourth-order valence-electron chi connectivity index (χ4n) is 1.31. The minimum absolute atomic E-state index is 0.106. The van der Waals surface area contributed by atoms with Gasteiger partial charge in [-0.3, -0.25) is 0 Å². The van der Waals surface area contributed by atoms with E-state index in [-0.39, 0.29) is 6.61 Å². The van der Waals surface area contributed by atoms with Crippen molar-refractivity contribution in [1.82, 2.24) is 10.2 Å². The van der Waals surface area contributed by atoms with Crippen LogP contribution in [0.4, 0.5) is 5.82 Å². The molecule has 0 spiro atoms. The van der Waals surface area contributed by atoms with E-state index in [1.54, 1.807) is 6.20 Å². The number of nitrogens with two attached hydrogens (primary N) is 1. The third kappa shape index (κ3) is 2.40. The number of aromatic nitrogens is 2. The molecule has 1 aromatic heterocycles. The molecular formula is C9H16N4O. The summed E-state index contributed by atoms with van der Waals surface area (Å²) in [5.41, 5.74) is 6.54. The largest absolute Gasteiger partial charge is 0.395 e. The van der Waals surface area contributed by atoms with Crippen molar-refractivity contribution in [2.75, 3.05) is 24.6 Å². The zero-order chi connectivity index (χ0) is 10.4. The fraction of sp³-hybridized carbons (Fsp3) is 0.556. The molecule has 0 aliphatic rings. The van der Waals surface area contributed by atoms with Crippen LogP contribution in [0.2, 0.25) is 0 Å². The van der Waals surface area contributed by atoms with Gasteiger partial charge in [0.25, 0.3) is 0 Å². The van der Waals surface area contributed by atoms with E-state index in [2.05, 4.69) is 10.2 Å². The zero-order valence-corrected chi connectivity index (χ0v) is 8.35. The molecule has 0 saturated heterocycles. The Morgan fingerprint density at radius 3 is 2.93 bits per heavy atom. The second kappa shape index (κ2) is 5.51. The maximum absolute atomic E-state index is 8.87. The maximum Gasteiger partial charge on any atom is 0.155 e. The molecule has 1 rings (SSSR count). The van der Waals surface area contributed by atoms with Gasteiger partial charge in [0.05, 0.1) is 12.8 Å². The van der Waals surface area contributed by atoms with Gasteiger partial charge >= 0.3 is 0 Å². The summed E-state index contributed by atoms with van der Waals surface area (Å²) in [5, 5.41) is 16.7. The summed E-state index contributed by atoms with van der Waals surface area (Å²) in [5.74, 6) is 0.770. The molecule has 5 nitrogen and oxygen atoms in total. The van der Waals surface area contributed by atoms with E-state index in [0.29, 0.717) is 13.1 Å². The lowest BCUT2D eigenvalue weighted by Gasteiger charge is -2.22. The molecule has 5 heteroatoms. The Balaban J connectivity index is 2.90. The summed E-state index contributed by atoms with van der Waals surface area (Å²) < 4.78 is 0. The lowest BCUT2D eigenvalue weighted by Crippen LogP contribution is -2.28. The molecule has 3 N–H and O–H groups in total. The number of rotatable bonds is 5. The molecular weight excluding hydrogens is 180 g/mol. The van der Waals surface area contributed by atoms with Gasteiger partial charge in [0.1, 0.15) is 0 Å². The molecule has 1 heterocycles. The van der Waals surface area contributed by atoms with E-state index in [9.17, 15) is 0 Å². The molecule has 0 aliphatic carbocycles. The Morgan fingerprint density at radius 1 is 1.57 bits per heavy atom. The first-order chi connectivity index (χ1) is 6.83. The Morgan fingerprint density at radius 2 is 2.36 bits per heavy atom. The zero-order valence-electron chi connectivity index (χ0n) is 8.35. The predicted octanol–water partition coefficient (Wildman–Crippen LogP) is -0.246. The summed E-state index contributed by atoms with van der Waals surface area (Å²) >= 11 is 0. The Kier molecular flexibility index (Phi) is 4.28. The van der Waals surface area contributed by atoms with Crippen molar-refractivity contribution in [3.05, 3.63) is 17.8 Å². The van der Waals surface area contributed by atoms with Gasteiger partial charge in [0.15, 0.2) is 5.82 Å². The summed E-state index contributed by atoms with van der Waals surface area (Å²) in [7, 11) is 0. The third-order valence-electron chi connectivity index (χ3n) is 2.05. The van der Waals surface area contributed by atoms with Crippen LogP contribution in [0.25, 0.3) is 0 Å². The summed E-state index contributed by atoms with van der Waals surface area (Å²) in [6.07, 6.45) is 1.62. The number of hydrogen-bond donors (Lipinski definition) is 2. The second-order valence-corrected chi connectivity index (χ2v) is 2.89. The van der Waals surface area contributed by atoms with Crippen LogP contribution in [0.1, 0.15) is 12.5 Å². The summed E-state index contributed by atoms with van der Waals surface area (Å²) in [6.45, 7) is 3.89. The molecule has 1 aromatic rings. The molecule has 78 valence electrons. The van der Waals surface area contributed by atoms with Gasteiger partial charge in [0.2, 0.25) is 0 Å². The van der Waals surface area contributed by atoms with Gasteiger partial charge < -0.3 is 15.7 Å². The SMILES string of the molecule is CCN(CCO)c1nnccc1CN. The number of nitrogens with zero attached hydrogens (tertiary/aromatic N) is 3. The molecule has 0 unspecified atom stereocenters. The standard InChI is InChI=1S/C9H16N4O/c1-2-13(5-6-14)9-8(7-10)3-4-11-12-9/h3-4,14H,2,5-7,10H2,1H3. The summed E-state index contributed by atoms with van der Waals surface area (Å²) in [4.78, 5) is 1.95. The highest BCUT2D eigenvalue weighted by molar-refractivity contribution is 5.45. The number of anilines is 1. The number of likely N-dealkylation sites (N-methyl/N-ethyl adjacent to an activating group) is 1. The quantitative estimate of drug-likeness (QED) is 0.679. The van der Waals surface area contributed by atoms with Crippen LogP contribution in [0.5, 0.6) is 0 Å². The smallest absolute Gasteiger partial charge is 0.155 e. The second-order valence-electron chi connectivity index (χ2n) is 2.89. The topological polar surface area (TPSA) is 75.3 Å². The lowest BCUT2D eigenvalue weighted by atomic mass is 10.2. The van der Waals surface area contributed by atoms with E-state index in [1.165, 1.54) is 0 Å². The predicted molar refractivity (Wildman–Crippen MR) is 54.9 cm³/mol. The Bertz CT molecular complexity index is 279. The molecule has 0 atom stereocenters. The molecule has 0 fully saturated rings. The normalized spacial score (nSPS) is 10.2. The van der Waals surface area contributed by atoms with Gasteiger partial charge in [-0.15, -0.1) is 5.10 Å². The van der Waals surface area contributed by atoms with Crippen molar-refractivity contribution in [2.24, 2.45) is 5.73 Å². The van der Waals surface area contributed by atoms with E-state index >= 15 is 0 Å². The summed E-state index contributed by atoms with van der Waals surface area (Å²) in [6, 6.07) is 1.85. The molecule has 0 saturated carbocycles. The highest BCUT2D eigenvalue weighted by atomic mass is 16.3. The van der Waals surface area contributed by atoms with Gasteiger partial charge in [-0.25, -0.2) is 0 Å². The highest BCUT2D eigenvalue weighted by Gasteiger charge is 2.09. The van der Waals surface area contributed by atoms with Gasteiger partial charge in [-0.05, 0) is 13.0 Å². The maximum atomic E-state index is 8.87. The first kappa shape index (κ1) is 10.9. The monoisotopic (exact) mass is 196 g/mol. The van der Waals surface area contributed by atoms with Crippen LogP contribution in [0.15, 0.2) is 12.3 Å². The van der Waals surface area contributed by atoms with Crippen LogP contribution in [0.3, 0.4) is 0 Å². The van der Waals surface area contributed by atoms with Crippen molar-refractivity contribution in [2.45, 2.75) is 13.5 Å². The third-order valence-corrected chi connectivity index (χ3v) is 2.05. The molecule has 14 heavy (non-hydrogen) atoms. The number of aliphatic hydroxyl groups excluding tert-OH is 1. The average Bonchev–Trinajstić information content (AvgIpc) is 2.26. The first-order valence-electron chi connectivity index (χ1n) is 4.70. The van der Waals surface area contributed by atoms with Crippen LogP contribution in [0, 0.1) is 0 Å². The van der Waals surface area contributed by atoms with E-state index < -0.39 is 0 Å². The number of hydrogen-bond acceptors (Lipinski definition) is 5. The van der Waals surface area contributed by atoms with Gasteiger partial charge in [0, 0.05) is 25.2 Å². The van der Waals surface area contributed by atoms with Gasteiger partial charge in [-0.1, -0.05) is 0 Å². The van der Waals surface area contributed by atoms with Crippen LogP contribution < -0.4 is 10.6 Å². The molecule has 0 aromatic carbocycles. The van der Waals surface area contributed by atoms with E-state index in [4.69, 9.17) is 10.8 Å². The average molecular weight is 196 g/mol. The van der Waals surface area contributed by atoms with Crippen molar-refractivity contribution in [3.8, 4) is 0 Å². The minimum atomic E-state index is 0.106. The van der Waals surface area contributed by atoms with E-state index in [1.807, 2.05) is 17.9 Å². The van der Waals surface area contributed by atoms with Crippen LogP contribution >= 0.6 is 0 Å².